The van der Waals surface area contributed by atoms with Crippen molar-refractivity contribution < 1.29 is 14.6 Å². The summed E-state index contributed by atoms with van der Waals surface area (Å²) < 4.78 is 5.22. The fraction of sp³-hybridized carbons (Fsp3) is 0.947. The van der Waals surface area contributed by atoms with Crippen LogP contribution >= 0.6 is 0 Å². The van der Waals surface area contributed by atoms with Gasteiger partial charge in [-0.1, -0.05) is 48.5 Å². The summed E-state index contributed by atoms with van der Waals surface area (Å²) in [5.74, 6) is 0.530. The molecule has 130 valence electrons. The van der Waals surface area contributed by atoms with Crippen molar-refractivity contribution in [3.8, 4) is 0 Å². The average Bonchev–Trinajstić information content (AvgIpc) is 2.35. The molecular formula is C19H36O3. The van der Waals surface area contributed by atoms with Gasteiger partial charge in [-0.2, -0.15) is 0 Å². The predicted molar refractivity (Wildman–Crippen MR) is 90.4 cm³/mol. The third kappa shape index (κ3) is 4.47. The van der Waals surface area contributed by atoms with E-state index in [0.717, 1.165) is 12.8 Å². The first-order chi connectivity index (χ1) is 9.89. The highest BCUT2D eigenvalue weighted by Crippen LogP contribution is 2.50. The minimum atomic E-state index is -0.300. The largest absolute Gasteiger partial charge is 0.466 e. The Morgan fingerprint density at radius 2 is 1.50 bits per heavy atom. The summed E-state index contributed by atoms with van der Waals surface area (Å²) in [4.78, 5) is 12.2. The van der Waals surface area contributed by atoms with E-state index in [0.29, 0.717) is 6.61 Å². The van der Waals surface area contributed by atoms with Crippen LogP contribution in [-0.4, -0.2) is 23.8 Å². The first-order valence-electron chi connectivity index (χ1n) is 8.74. The molecule has 1 fully saturated rings. The highest BCUT2D eigenvalue weighted by molar-refractivity contribution is 5.72. The van der Waals surface area contributed by atoms with Crippen molar-refractivity contribution in [3.05, 3.63) is 0 Å². The number of hydrogen-bond donors (Lipinski definition) is 1. The second kappa shape index (κ2) is 6.90. The molecule has 1 rings (SSSR count). The van der Waals surface area contributed by atoms with Gasteiger partial charge in [0.1, 0.15) is 0 Å². The first-order valence-corrected chi connectivity index (χ1v) is 8.74. The van der Waals surface area contributed by atoms with Gasteiger partial charge in [-0.05, 0) is 48.3 Å². The number of carbonyl (C=O) groups excluding carboxylic acids is 1. The van der Waals surface area contributed by atoms with Crippen LogP contribution in [0.15, 0.2) is 0 Å². The summed E-state index contributed by atoms with van der Waals surface area (Å²) in [6, 6.07) is 0. The van der Waals surface area contributed by atoms with E-state index in [2.05, 4.69) is 41.5 Å². The average molecular weight is 312 g/mol. The second-order valence-corrected chi connectivity index (χ2v) is 9.21. The molecule has 0 aromatic rings. The summed E-state index contributed by atoms with van der Waals surface area (Å²) >= 11 is 0. The van der Waals surface area contributed by atoms with Crippen LogP contribution in [0.3, 0.4) is 0 Å². The lowest BCUT2D eigenvalue weighted by molar-refractivity contribution is -0.153. The fourth-order valence-electron chi connectivity index (χ4n) is 3.91. The molecule has 1 aliphatic carbocycles. The number of ether oxygens (including phenoxy) is 1. The van der Waals surface area contributed by atoms with Crippen LogP contribution in [0, 0.1) is 34.5 Å². The van der Waals surface area contributed by atoms with Gasteiger partial charge in [0.05, 0.1) is 18.6 Å². The maximum Gasteiger partial charge on any atom is 0.308 e. The Bertz CT molecular complexity index is 351. The maximum atomic E-state index is 12.2. The topological polar surface area (TPSA) is 46.5 Å². The standard InChI is InChI=1S/C19H36O3/c1-9-22-17(21)12(2)13-10-14(18(3,4)5)16(20)15(11-13)19(6,7)8/h12-16,20H,9-11H2,1-8H3. The maximum absolute atomic E-state index is 12.2. The molecule has 0 aromatic carbocycles. The van der Waals surface area contributed by atoms with Gasteiger partial charge in [0.15, 0.2) is 0 Å². The Hall–Kier alpha value is -0.570. The summed E-state index contributed by atoms with van der Waals surface area (Å²) in [7, 11) is 0. The quantitative estimate of drug-likeness (QED) is 0.791. The number of aliphatic hydroxyl groups is 1. The van der Waals surface area contributed by atoms with Gasteiger partial charge in [-0.25, -0.2) is 0 Å². The van der Waals surface area contributed by atoms with Crippen molar-refractivity contribution in [1.82, 2.24) is 0 Å². The summed E-state index contributed by atoms with van der Waals surface area (Å²) in [6.45, 7) is 17.4. The third-order valence-corrected chi connectivity index (χ3v) is 5.53. The molecule has 0 heterocycles. The van der Waals surface area contributed by atoms with E-state index in [1.165, 1.54) is 0 Å². The van der Waals surface area contributed by atoms with E-state index >= 15 is 0 Å². The Morgan fingerprint density at radius 3 is 1.82 bits per heavy atom. The molecule has 0 aliphatic heterocycles. The highest BCUT2D eigenvalue weighted by Gasteiger charge is 2.47. The van der Waals surface area contributed by atoms with E-state index in [-0.39, 0.29) is 46.6 Å². The molecule has 0 amide bonds. The molecule has 1 aliphatic rings. The molecule has 3 nitrogen and oxygen atoms in total. The molecule has 22 heavy (non-hydrogen) atoms. The third-order valence-electron chi connectivity index (χ3n) is 5.53. The van der Waals surface area contributed by atoms with Gasteiger partial charge in [0, 0.05) is 0 Å². The Balaban J connectivity index is 3.03. The molecule has 3 unspecified atom stereocenters. The van der Waals surface area contributed by atoms with Gasteiger partial charge in [0.2, 0.25) is 0 Å². The van der Waals surface area contributed by atoms with Crippen LogP contribution in [-0.2, 0) is 9.53 Å². The van der Waals surface area contributed by atoms with E-state index in [9.17, 15) is 9.90 Å². The lowest BCUT2D eigenvalue weighted by Crippen LogP contribution is -2.49. The zero-order valence-corrected chi connectivity index (χ0v) is 15.8. The number of carbonyl (C=O) groups is 1. The molecule has 3 heteroatoms. The van der Waals surface area contributed by atoms with E-state index in [1.807, 2.05) is 13.8 Å². The van der Waals surface area contributed by atoms with Crippen molar-refractivity contribution in [2.45, 2.75) is 74.3 Å². The SMILES string of the molecule is CCOC(=O)C(C)C1CC(C(C)(C)C)C(O)C(C(C)(C)C)C1. The molecule has 0 spiro atoms. The van der Waals surface area contributed by atoms with Gasteiger partial charge in [0.25, 0.3) is 0 Å². The van der Waals surface area contributed by atoms with Crippen molar-refractivity contribution in [1.29, 1.82) is 0 Å². The van der Waals surface area contributed by atoms with Crippen molar-refractivity contribution in [2.24, 2.45) is 34.5 Å². The van der Waals surface area contributed by atoms with Crippen molar-refractivity contribution >= 4 is 5.97 Å². The molecule has 0 radical (unpaired) electrons. The van der Waals surface area contributed by atoms with Gasteiger partial charge in [-0.15, -0.1) is 0 Å². The smallest absolute Gasteiger partial charge is 0.308 e. The minimum Gasteiger partial charge on any atom is -0.466 e. The molecule has 0 bridgehead atoms. The summed E-state index contributed by atoms with van der Waals surface area (Å²) in [5.41, 5.74) is 0.0753. The number of aliphatic hydroxyl groups excluding tert-OH is 1. The minimum absolute atomic E-state index is 0.0377. The zero-order valence-electron chi connectivity index (χ0n) is 15.8. The number of hydrogen-bond acceptors (Lipinski definition) is 3. The zero-order chi connectivity index (χ0) is 17.3. The monoisotopic (exact) mass is 312 g/mol. The Labute approximate surface area is 136 Å². The van der Waals surface area contributed by atoms with Crippen LogP contribution in [0.2, 0.25) is 0 Å². The van der Waals surface area contributed by atoms with Crippen molar-refractivity contribution in [3.63, 3.8) is 0 Å². The van der Waals surface area contributed by atoms with E-state index < -0.39 is 0 Å². The summed E-state index contributed by atoms with van der Waals surface area (Å²) in [5, 5.41) is 10.9. The molecule has 0 aromatic heterocycles. The van der Waals surface area contributed by atoms with Crippen LogP contribution < -0.4 is 0 Å². The van der Waals surface area contributed by atoms with E-state index in [4.69, 9.17) is 4.74 Å². The van der Waals surface area contributed by atoms with Gasteiger partial charge >= 0.3 is 5.97 Å². The predicted octanol–water partition coefficient (Wildman–Crippen LogP) is 4.28. The summed E-state index contributed by atoms with van der Waals surface area (Å²) in [6.07, 6.45) is 1.50. The van der Waals surface area contributed by atoms with Gasteiger partial charge < -0.3 is 9.84 Å². The number of rotatable bonds is 3. The lowest BCUT2D eigenvalue weighted by Gasteiger charge is -2.50. The van der Waals surface area contributed by atoms with Crippen LogP contribution in [0.5, 0.6) is 0 Å². The lowest BCUT2D eigenvalue weighted by atomic mass is 9.57. The fourth-order valence-corrected chi connectivity index (χ4v) is 3.91. The van der Waals surface area contributed by atoms with Crippen LogP contribution in [0.1, 0.15) is 68.2 Å². The van der Waals surface area contributed by atoms with Crippen LogP contribution in [0.25, 0.3) is 0 Å². The Kier molecular flexibility index (Phi) is 6.11. The normalized spacial score (nSPS) is 31.7. The first kappa shape index (κ1) is 19.5. The molecule has 0 saturated heterocycles. The molecule has 3 atom stereocenters. The molecule has 1 saturated carbocycles. The van der Waals surface area contributed by atoms with Crippen molar-refractivity contribution in [2.75, 3.05) is 6.61 Å². The van der Waals surface area contributed by atoms with Crippen LogP contribution in [0.4, 0.5) is 0 Å². The number of esters is 1. The van der Waals surface area contributed by atoms with E-state index in [1.54, 1.807) is 0 Å². The van der Waals surface area contributed by atoms with Gasteiger partial charge in [-0.3, -0.25) is 4.79 Å². The highest BCUT2D eigenvalue weighted by atomic mass is 16.5. The second-order valence-electron chi connectivity index (χ2n) is 9.21. The Morgan fingerprint density at radius 1 is 1.09 bits per heavy atom. The molecule has 1 N–H and O–H groups in total. The molecular weight excluding hydrogens is 276 g/mol.